The number of hydrogen-bond acceptors (Lipinski definition) is 5. The highest BCUT2D eigenvalue weighted by Gasteiger charge is 2.35. The summed E-state index contributed by atoms with van der Waals surface area (Å²) < 4.78 is 73.2. The zero-order valence-corrected chi connectivity index (χ0v) is 16.1. The molecule has 1 fully saturated rings. The Hall–Kier alpha value is -2.75. The highest BCUT2D eigenvalue weighted by Crippen LogP contribution is 2.37. The second-order valence-electron chi connectivity index (χ2n) is 6.58. The number of sulfone groups is 1. The fraction of sp³-hybridized carbons (Fsp3) is 0.316. The molecule has 1 aliphatic heterocycles. The van der Waals surface area contributed by atoms with Crippen LogP contribution in [0.3, 0.4) is 0 Å². The van der Waals surface area contributed by atoms with Crippen molar-refractivity contribution in [1.29, 1.82) is 0 Å². The summed E-state index contributed by atoms with van der Waals surface area (Å²) in [5, 5.41) is 2.39. The van der Waals surface area contributed by atoms with Crippen LogP contribution in [0.4, 0.5) is 18.9 Å². The lowest BCUT2D eigenvalue weighted by molar-refractivity contribution is -0.137. The molecule has 0 saturated carbocycles. The lowest BCUT2D eigenvalue weighted by Crippen LogP contribution is -2.24. The number of halogens is 3. The minimum Gasteiger partial charge on any atom is -0.497 e. The molecule has 0 spiro atoms. The molecule has 29 heavy (non-hydrogen) atoms. The molecule has 156 valence electrons. The maximum absolute atomic E-state index is 13.1. The summed E-state index contributed by atoms with van der Waals surface area (Å²) >= 11 is 0. The van der Waals surface area contributed by atoms with E-state index >= 15 is 0 Å². The number of nitrogens with one attached hydrogen (secondary N) is 1. The first kappa shape index (κ1) is 21.0. The molecule has 2 aromatic rings. The van der Waals surface area contributed by atoms with E-state index in [2.05, 4.69) is 5.32 Å². The second-order valence-corrected chi connectivity index (χ2v) is 8.81. The van der Waals surface area contributed by atoms with E-state index in [0.29, 0.717) is 11.5 Å². The molecule has 0 aromatic heterocycles. The molecule has 10 heteroatoms. The highest BCUT2D eigenvalue weighted by molar-refractivity contribution is 7.91. The number of rotatable bonds is 5. The van der Waals surface area contributed by atoms with Crippen LogP contribution < -0.4 is 14.8 Å². The van der Waals surface area contributed by atoms with Crippen LogP contribution in [0.2, 0.25) is 0 Å². The Morgan fingerprint density at radius 1 is 1.14 bits per heavy atom. The summed E-state index contributed by atoms with van der Waals surface area (Å²) in [5.74, 6) is -1.18. The van der Waals surface area contributed by atoms with Gasteiger partial charge in [0.1, 0.15) is 11.5 Å². The zero-order chi connectivity index (χ0) is 21.2. The van der Waals surface area contributed by atoms with Crippen LogP contribution in [-0.2, 0) is 20.8 Å². The van der Waals surface area contributed by atoms with E-state index in [-0.39, 0.29) is 29.4 Å². The fourth-order valence-corrected chi connectivity index (χ4v) is 4.66. The number of benzene rings is 2. The van der Waals surface area contributed by atoms with Gasteiger partial charge in [0.15, 0.2) is 15.6 Å². The van der Waals surface area contributed by atoms with E-state index < -0.39 is 33.4 Å². The summed E-state index contributed by atoms with van der Waals surface area (Å²) in [7, 11) is -1.86. The smallest absolute Gasteiger partial charge is 0.416 e. The lowest BCUT2D eigenvalue weighted by Gasteiger charge is -2.17. The van der Waals surface area contributed by atoms with Crippen LogP contribution in [0, 0.1) is 5.92 Å². The molecule has 1 aliphatic rings. The van der Waals surface area contributed by atoms with Crippen molar-refractivity contribution in [1.82, 2.24) is 0 Å². The normalized spacial score (nSPS) is 18.3. The SMILES string of the molecule is COc1cccc(Oc2ccc(C(F)(F)F)cc2NC(=O)[C@H]2CCS(=O)(=O)C2)c1. The number of ether oxygens (including phenoxy) is 2. The Bertz CT molecular complexity index is 1020. The summed E-state index contributed by atoms with van der Waals surface area (Å²) in [6.07, 6.45) is -4.50. The molecule has 1 N–H and O–H groups in total. The fourth-order valence-electron chi connectivity index (χ4n) is 2.92. The van der Waals surface area contributed by atoms with Crippen LogP contribution in [0.25, 0.3) is 0 Å². The maximum Gasteiger partial charge on any atom is 0.416 e. The van der Waals surface area contributed by atoms with Crippen LogP contribution in [0.5, 0.6) is 17.2 Å². The predicted molar refractivity (Wildman–Crippen MR) is 99.9 cm³/mol. The molecule has 0 radical (unpaired) electrons. The van der Waals surface area contributed by atoms with Crippen molar-refractivity contribution in [2.75, 3.05) is 23.9 Å². The summed E-state index contributed by atoms with van der Waals surface area (Å²) in [4.78, 5) is 12.4. The van der Waals surface area contributed by atoms with Crippen molar-refractivity contribution in [3.05, 3.63) is 48.0 Å². The van der Waals surface area contributed by atoms with Crippen molar-refractivity contribution in [3.8, 4) is 17.2 Å². The first-order chi connectivity index (χ1) is 13.6. The van der Waals surface area contributed by atoms with E-state index in [4.69, 9.17) is 9.47 Å². The Morgan fingerprint density at radius 3 is 2.48 bits per heavy atom. The molecule has 1 saturated heterocycles. The quantitative estimate of drug-likeness (QED) is 0.780. The average Bonchev–Trinajstić information content (AvgIpc) is 3.02. The van der Waals surface area contributed by atoms with Crippen LogP contribution in [0.1, 0.15) is 12.0 Å². The number of amides is 1. The summed E-state index contributed by atoms with van der Waals surface area (Å²) in [5.41, 5.74) is -1.17. The van der Waals surface area contributed by atoms with Gasteiger partial charge in [-0.3, -0.25) is 4.79 Å². The molecular formula is C19H18F3NO5S. The number of carbonyl (C=O) groups excluding carboxylic acids is 1. The Kier molecular flexibility index (Phi) is 5.74. The van der Waals surface area contributed by atoms with Crippen molar-refractivity contribution in [3.63, 3.8) is 0 Å². The first-order valence-electron chi connectivity index (χ1n) is 8.62. The first-order valence-corrected chi connectivity index (χ1v) is 10.4. The van der Waals surface area contributed by atoms with Gasteiger partial charge in [0.25, 0.3) is 0 Å². The molecule has 0 bridgehead atoms. The highest BCUT2D eigenvalue weighted by atomic mass is 32.2. The van der Waals surface area contributed by atoms with E-state index in [9.17, 15) is 26.4 Å². The Labute approximate surface area is 165 Å². The lowest BCUT2D eigenvalue weighted by atomic mass is 10.1. The van der Waals surface area contributed by atoms with Crippen molar-refractivity contribution in [2.45, 2.75) is 12.6 Å². The molecule has 1 atom stereocenters. The monoisotopic (exact) mass is 429 g/mol. The van der Waals surface area contributed by atoms with Crippen molar-refractivity contribution in [2.24, 2.45) is 5.92 Å². The third-order valence-corrected chi connectivity index (χ3v) is 6.20. The molecule has 2 aromatic carbocycles. The molecule has 1 heterocycles. The van der Waals surface area contributed by atoms with Gasteiger partial charge in [0, 0.05) is 6.07 Å². The van der Waals surface area contributed by atoms with Gasteiger partial charge < -0.3 is 14.8 Å². The van der Waals surface area contributed by atoms with Gasteiger partial charge in [0.2, 0.25) is 5.91 Å². The molecule has 3 rings (SSSR count). The topological polar surface area (TPSA) is 81.7 Å². The number of alkyl halides is 3. The van der Waals surface area contributed by atoms with Crippen LogP contribution in [-0.4, -0.2) is 32.9 Å². The second kappa shape index (κ2) is 7.94. The zero-order valence-electron chi connectivity index (χ0n) is 15.3. The van der Waals surface area contributed by atoms with E-state index in [1.165, 1.54) is 13.2 Å². The predicted octanol–water partition coefficient (Wildman–Crippen LogP) is 3.88. The maximum atomic E-state index is 13.1. The summed E-state index contributed by atoms with van der Waals surface area (Å²) in [6.45, 7) is 0. The standard InChI is InChI=1S/C19H18F3NO5S/c1-27-14-3-2-4-15(10-14)28-17-6-5-13(19(20,21)22)9-16(17)23-18(24)12-7-8-29(25,26)11-12/h2-6,9-10,12H,7-8,11H2,1H3,(H,23,24)/t12-/m0/s1. The largest absolute Gasteiger partial charge is 0.497 e. The number of anilines is 1. The Balaban J connectivity index is 1.90. The molecule has 6 nitrogen and oxygen atoms in total. The molecule has 1 amide bonds. The third-order valence-electron chi connectivity index (χ3n) is 4.44. The van der Waals surface area contributed by atoms with Crippen molar-refractivity contribution < 1.29 is 35.9 Å². The number of hydrogen-bond donors (Lipinski definition) is 1. The minimum absolute atomic E-state index is 0.0135. The van der Waals surface area contributed by atoms with Gasteiger partial charge in [-0.2, -0.15) is 13.2 Å². The molecular weight excluding hydrogens is 411 g/mol. The van der Waals surface area contributed by atoms with Gasteiger partial charge in [0.05, 0.1) is 35.8 Å². The molecule has 0 unspecified atom stereocenters. The van der Waals surface area contributed by atoms with Gasteiger partial charge in [-0.05, 0) is 36.8 Å². The van der Waals surface area contributed by atoms with Gasteiger partial charge in [-0.25, -0.2) is 8.42 Å². The summed E-state index contributed by atoms with van der Waals surface area (Å²) in [6, 6.07) is 9.12. The van der Waals surface area contributed by atoms with Gasteiger partial charge in [-0.15, -0.1) is 0 Å². The van der Waals surface area contributed by atoms with Crippen LogP contribution in [0.15, 0.2) is 42.5 Å². The van der Waals surface area contributed by atoms with Crippen molar-refractivity contribution >= 4 is 21.4 Å². The van der Waals surface area contributed by atoms with E-state index in [0.717, 1.165) is 18.2 Å². The Morgan fingerprint density at radius 2 is 1.86 bits per heavy atom. The average molecular weight is 429 g/mol. The van der Waals surface area contributed by atoms with Crippen LogP contribution >= 0.6 is 0 Å². The van der Waals surface area contributed by atoms with Gasteiger partial charge >= 0.3 is 6.18 Å². The third kappa shape index (κ3) is 5.20. The number of methoxy groups -OCH3 is 1. The number of carbonyl (C=O) groups is 1. The molecule has 0 aliphatic carbocycles. The van der Waals surface area contributed by atoms with E-state index in [1.807, 2.05) is 0 Å². The van der Waals surface area contributed by atoms with E-state index in [1.54, 1.807) is 18.2 Å². The minimum atomic E-state index is -4.62. The van der Waals surface area contributed by atoms with Gasteiger partial charge in [-0.1, -0.05) is 6.07 Å².